The molecule has 0 radical (unpaired) electrons. The van der Waals surface area contributed by atoms with Gasteiger partial charge in [0.2, 0.25) is 5.91 Å². The summed E-state index contributed by atoms with van der Waals surface area (Å²) in [6, 6.07) is 9.82. The lowest BCUT2D eigenvalue weighted by molar-refractivity contribution is -0.126. The SMILES string of the molecule is COc1ccc(C)cc1CCNC(=O)C1CCN(C(=O)c2cccs2)CC1. The second-order valence-corrected chi connectivity index (χ2v) is 7.85. The number of nitrogens with zero attached hydrogens (tertiary/aromatic N) is 1. The molecule has 0 saturated carbocycles. The standard InChI is InChI=1S/C21H26N2O3S/c1-15-5-6-18(26-2)17(14-15)7-10-22-20(24)16-8-11-23(12-9-16)21(25)19-4-3-13-27-19/h3-6,13-14,16H,7-12H2,1-2H3,(H,22,24). The van der Waals surface area contributed by atoms with Crippen LogP contribution in [0.25, 0.3) is 0 Å². The number of piperidine rings is 1. The Morgan fingerprint density at radius 2 is 2.04 bits per heavy atom. The molecule has 0 atom stereocenters. The third-order valence-electron chi connectivity index (χ3n) is 5.01. The predicted molar refractivity (Wildman–Crippen MR) is 107 cm³/mol. The second kappa shape index (κ2) is 9.04. The number of amides is 2. The molecule has 2 heterocycles. The molecule has 1 saturated heterocycles. The minimum atomic E-state index is -0.0169. The molecule has 6 heteroatoms. The monoisotopic (exact) mass is 386 g/mol. The van der Waals surface area contributed by atoms with Gasteiger partial charge < -0.3 is 15.0 Å². The number of methoxy groups -OCH3 is 1. The summed E-state index contributed by atoms with van der Waals surface area (Å²) in [7, 11) is 1.66. The van der Waals surface area contributed by atoms with E-state index < -0.39 is 0 Å². The van der Waals surface area contributed by atoms with Crippen molar-refractivity contribution in [2.45, 2.75) is 26.2 Å². The first kappa shape index (κ1) is 19.4. The van der Waals surface area contributed by atoms with Gasteiger partial charge in [-0.1, -0.05) is 23.8 Å². The van der Waals surface area contributed by atoms with Gasteiger partial charge in [0.05, 0.1) is 12.0 Å². The van der Waals surface area contributed by atoms with Crippen LogP contribution in [0.2, 0.25) is 0 Å². The van der Waals surface area contributed by atoms with E-state index in [2.05, 4.69) is 11.4 Å². The zero-order valence-electron chi connectivity index (χ0n) is 15.9. The van der Waals surface area contributed by atoms with Crippen LogP contribution in [0.4, 0.5) is 0 Å². The Morgan fingerprint density at radius 3 is 2.70 bits per heavy atom. The van der Waals surface area contributed by atoms with Crippen LogP contribution in [0.5, 0.6) is 5.75 Å². The molecule has 1 aliphatic heterocycles. The van der Waals surface area contributed by atoms with Crippen molar-refractivity contribution in [3.05, 3.63) is 51.7 Å². The number of thiophene rings is 1. The smallest absolute Gasteiger partial charge is 0.263 e. The molecule has 5 nitrogen and oxygen atoms in total. The molecule has 144 valence electrons. The minimum absolute atomic E-state index is 0.0169. The molecule has 1 aromatic heterocycles. The molecule has 27 heavy (non-hydrogen) atoms. The molecule has 0 unspecified atom stereocenters. The summed E-state index contributed by atoms with van der Waals surface area (Å²) in [5.41, 5.74) is 2.29. The Balaban J connectivity index is 1.45. The fraction of sp³-hybridized carbons (Fsp3) is 0.429. The minimum Gasteiger partial charge on any atom is -0.496 e. The van der Waals surface area contributed by atoms with Crippen molar-refractivity contribution >= 4 is 23.2 Å². The van der Waals surface area contributed by atoms with Crippen LogP contribution in [0.15, 0.2) is 35.7 Å². The molecular weight excluding hydrogens is 360 g/mol. The number of carbonyl (C=O) groups excluding carboxylic acids is 2. The molecule has 2 aromatic rings. The molecule has 1 N–H and O–H groups in total. The zero-order valence-corrected chi connectivity index (χ0v) is 16.7. The first-order valence-corrected chi connectivity index (χ1v) is 10.2. The lowest BCUT2D eigenvalue weighted by Gasteiger charge is -2.31. The normalized spacial score (nSPS) is 14.8. The van der Waals surface area contributed by atoms with E-state index >= 15 is 0 Å². The van der Waals surface area contributed by atoms with Crippen LogP contribution >= 0.6 is 11.3 Å². The van der Waals surface area contributed by atoms with E-state index in [9.17, 15) is 9.59 Å². The van der Waals surface area contributed by atoms with Gasteiger partial charge in [0.25, 0.3) is 5.91 Å². The van der Waals surface area contributed by atoms with Crippen molar-refractivity contribution in [2.75, 3.05) is 26.7 Å². The number of benzene rings is 1. The highest BCUT2D eigenvalue weighted by molar-refractivity contribution is 7.12. The Bertz CT molecular complexity index is 781. The molecule has 0 spiro atoms. The number of aryl methyl sites for hydroxylation is 1. The highest BCUT2D eigenvalue weighted by atomic mass is 32.1. The van der Waals surface area contributed by atoms with Crippen molar-refractivity contribution in [3.63, 3.8) is 0 Å². The number of likely N-dealkylation sites (tertiary alicyclic amines) is 1. The van der Waals surface area contributed by atoms with Gasteiger partial charge in [-0.2, -0.15) is 0 Å². The van der Waals surface area contributed by atoms with E-state index in [4.69, 9.17) is 4.74 Å². The summed E-state index contributed by atoms with van der Waals surface area (Å²) < 4.78 is 5.39. The average Bonchev–Trinajstić information content (AvgIpc) is 3.22. The maximum atomic E-state index is 12.5. The molecule has 3 rings (SSSR count). The van der Waals surface area contributed by atoms with Crippen LogP contribution in [-0.4, -0.2) is 43.5 Å². The molecule has 1 aromatic carbocycles. The van der Waals surface area contributed by atoms with Crippen LogP contribution < -0.4 is 10.1 Å². The molecular formula is C21H26N2O3S. The highest BCUT2D eigenvalue weighted by Crippen LogP contribution is 2.22. The van der Waals surface area contributed by atoms with E-state index in [0.29, 0.717) is 19.6 Å². The van der Waals surface area contributed by atoms with Gasteiger partial charge in [-0.15, -0.1) is 11.3 Å². The fourth-order valence-corrected chi connectivity index (χ4v) is 4.16. The van der Waals surface area contributed by atoms with Crippen LogP contribution in [0.3, 0.4) is 0 Å². The maximum absolute atomic E-state index is 12.5. The van der Waals surface area contributed by atoms with Crippen molar-refractivity contribution in [3.8, 4) is 5.75 Å². The second-order valence-electron chi connectivity index (χ2n) is 6.90. The van der Waals surface area contributed by atoms with Gasteiger partial charge in [0.1, 0.15) is 5.75 Å². The Hall–Kier alpha value is -2.34. The predicted octanol–water partition coefficient (Wildman–Crippen LogP) is 3.28. The van der Waals surface area contributed by atoms with Crippen molar-refractivity contribution in [1.82, 2.24) is 10.2 Å². The summed E-state index contributed by atoms with van der Waals surface area (Å²) in [5.74, 6) is 1.01. The van der Waals surface area contributed by atoms with E-state index in [1.54, 1.807) is 7.11 Å². The van der Waals surface area contributed by atoms with Gasteiger partial charge >= 0.3 is 0 Å². The Kier molecular flexibility index (Phi) is 6.50. The van der Waals surface area contributed by atoms with E-state index in [-0.39, 0.29) is 17.7 Å². The topological polar surface area (TPSA) is 58.6 Å². The highest BCUT2D eigenvalue weighted by Gasteiger charge is 2.27. The number of hydrogen-bond acceptors (Lipinski definition) is 4. The third kappa shape index (κ3) is 4.89. The number of carbonyl (C=O) groups is 2. The van der Waals surface area contributed by atoms with Crippen LogP contribution in [0.1, 0.15) is 33.6 Å². The van der Waals surface area contributed by atoms with Crippen LogP contribution in [0, 0.1) is 12.8 Å². The van der Waals surface area contributed by atoms with Crippen molar-refractivity contribution in [1.29, 1.82) is 0 Å². The van der Waals surface area contributed by atoms with Gasteiger partial charge in [-0.3, -0.25) is 9.59 Å². The first-order chi connectivity index (χ1) is 13.1. The number of hydrogen-bond donors (Lipinski definition) is 1. The average molecular weight is 387 g/mol. The van der Waals surface area contributed by atoms with Gasteiger partial charge in [-0.25, -0.2) is 0 Å². The number of nitrogens with one attached hydrogen (secondary N) is 1. The van der Waals surface area contributed by atoms with E-state index in [1.807, 2.05) is 41.5 Å². The largest absolute Gasteiger partial charge is 0.496 e. The first-order valence-electron chi connectivity index (χ1n) is 9.32. The summed E-state index contributed by atoms with van der Waals surface area (Å²) >= 11 is 1.46. The third-order valence-corrected chi connectivity index (χ3v) is 5.87. The van der Waals surface area contributed by atoms with Crippen LogP contribution in [-0.2, 0) is 11.2 Å². The molecule has 1 fully saturated rings. The fourth-order valence-electron chi connectivity index (χ4n) is 3.47. The van der Waals surface area contributed by atoms with Crippen molar-refractivity contribution < 1.29 is 14.3 Å². The lowest BCUT2D eigenvalue weighted by Crippen LogP contribution is -2.43. The van der Waals surface area contributed by atoms with Crippen molar-refractivity contribution in [2.24, 2.45) is 5.92 Å². The number of rotatable bonds is 6. The maximum Gasteiger partial charge on any atom is 0.263 e. The Labute approximate surface area is 164 Å². The van der Waals surface area contributed by atoms with Gasteiger partial charge in [0, 0.05) is 25.6 Å². The van der Waals surface area contributed by atoms with Gasteiger partial charge in [-0.05, 0) is 49.3 Å². The molecule has 0 bridgehead atoms. The molecule has 1 aliphatic rings. The summed E-state index contributed by atoms with van der Waals surface area (Å²) in [4.78, 5) is 27.5. The molecule has 2 amide bonds. The van der Waals surface area contributed by atoms with Gasteiger partial charge in [0.15, 0.2) is 0 Å². The Morgan fingerprint density at radius 1 is 1.26 bits per heavy atom. The lowest BCUT2D eigenvalue weighted by atomic mass is 9.95. The summed E-state index contributed by atoms with van der Waals surface area (Å²) in [5, 5.41) is 4.96. The zero-order chi connectivity index (χ0) is 19.2. The quantitative estimate of drug-likeness (QED) is 0.829. The molecule has 0 aliphatic carbocycles. The van der Waals surface area contributed by atoms with E-state index in [0.717, 1.165) is 35.5 Å². The number of ether oxygens (including phenoxy) is 1. The summed E-state index contributed by atoms with van der Waals surface area (Å²) in [6.45, 7) is 3.92. The van der Waals surface area contributed by atoms with E-state index in [1.165, 1.54) is 16.9 Å². The summed E-state index contributed by atoms with van der Waals surface area (Å²) in [6.07, 6.45) is 2.18.